The number of thioether (sulfide) groups is 1. The Hall–Kier alpha value is -0.570. The number of nitrogens with one attached hydrogen (secondary N) is 1. The fourth-order valence-electron chi connectivity index (χ4n) is 0.212. The predicted molar refractivity (Wildman–Crippen MR) is 36.2 cm³/mol. The standard InChI is InChI=1S/C5H7NOS/c1-4(2)8-5(6)3-7/h3,6H,1H2,2H3. The Morgan fingerprint density at radius 3 is 2.50 bits per heavy atom. The molecule has 0 amide bonds. The third-order valence-corrected chi connectivity index (χ3v) is 1.06. The van der Waals surface area contributed by atoms with Gasteiger partial charge in [-0.1, -0.05) is 18.3 Å². The third-order valence-electron chi connectivity index (χ3n) is 0.391. The Morgan fingerprint density at radius 1 is 1.88 bits per heavy atom. The lowest BCUT2D eigenvalue weighted by Crippen LogP contribution is -1.87. The summed E-state index contributed by atoms with van der Waals surface area (Å²) in [6.45, 7) is 5.26. The van der Waals surface area contributed by atoms with Crippen LogP contribution >= 0.6 is 11.8 Å². The van der Waals surface area contributed by atoms with Crippen LogP contribution < -0.4 is 0 Å². The van der Waals surface area contributed by atoms with Crippen molar-refractivity contribution in [3.8, 4) is 0 Å². The van der Waals surface area contributed by atoms with Gasteiger partial charge in [-0.15, -0.1) is 0 Å². The zero-order chi connectivity index (χ0) is 6.57. The lowest BCUT2D eigenvalue weighted by Gasteiger charge is -1.89. The molecule has 0 heterocycles. The number of hydrogen-bond acceptors (Lipinski definition) is 3. The molecule has 0 aliphatic heterocycles. The Balaban J connectivity index is 3.55. The fraction of sp³-hybridized carbons (Fsp3) is 0.200. The van der Waals surface area contributed by atoms with Crippen molar-refractivity contribution in [3.63, 3.8) is 0 Å². The van der Waals surface area contributed by atoms with Gasteiger partial charge >= 0.3 is 0 Å². The van der Waals surface area contributed by atoms with E-state index in [1.165, 1.54) is 0 Å². The maximum atomic E-state index is 9.75. The van der Waals surface area contributed by atoms with Crippen LogP contribution in [0.3, 0.4) is 0 Å². The molecule has 0 saturated heterocycles. The van der Waals surface area contributed by atoms with Crippen LogP contribution in [-0.2, 0) is 4.79 Å². The van der Waals surface area contributed by atoms with Crippen molar-refractivity contribution < 1.29 is 4.79 Å². The van der Waals surface area contributed by atoms with Crippen LogP contribution in [0.1, 0.15) is 6.92 Å². The Labute approximate surface area is 52.5 Å². The van der Waals surface area contributed by atoms with Gasteiger partial charge in [0.1, 0.15) is 5.04 Å². The van der Waals surface area contributed by atoms with Gasteiger partial charge in [0, 0.05) is 0 Å². The summed E-state index contributed by atoms with van der Waals surface area (Å²) in [5, 5.41) is 6.81. The number of carbonyl (C=O) groups excluding carboxylic acids is 1. The van der Waals surface area contributed by atoms with Gasteiger partial charge in [-0.25, -0.2) is 0 Å². The maximum absolute atomic E-state index is 9.75. The van der Waals surface area contributed by atoms with E-state index < -0.39 is 0 Å². The molecule has 1 N–H and O–H groups in total. The quantitative estimate of drug-likeness (QED) is 0.348. The molecule has 0 aliphatic carbocycles. The molecule has 0 aromatic carbocycles. The molecular formula is C5H7NOS. The van der Waals surface area contributed by atoms with E-state index in [0.717, 1.165) is 16.7 Å². The second kappa shape index (κ2) is 3.43. The first-order valence-corrected chi connectivity index (χ1v) is 2.85. The van der Waals surface area contributed by atoms with E-state index in [9.17, 15) is 4.79 Å². The smallest absolute Gasteiger partial charge is 0.174 e. The Kier molecular flexibility index (Phi) is 3.19. The van der Waals surface area contributed by atoms with Crippen LogP contribution in [0.4, 0.5) is 0 Å². The second-order valence-corrected chi connectivity index (χ2v) is 2.63. The fourth-order valence-corrected chi connectivity index (χ4v) is 0.635. The van der Waals surface area contributed by atoms with E-state index in [1.54, 1.807) is 6.92 Å². The van der Waals surface area contributed by atoms with Gasteiger partial charge < -0.3 is 0 Å². The lowest BCUT2D eigenvalue weighted by atomic mass is 10.8. The van der Waals surface area contributed by atoms with Crippen molar-refractivity contribution in [2.75, 3.05) is 0 Å². The van der Waals surface area contributed by atoms with Crippen molar-refractivity contribution in [2.45, 2.75) is 6.92 Å². The van der Waals surface area contributed by atoms with E-state index >= 15 is 0 Å². The molecule has 0 fully saturated rings. The van der Waals surface area contributed by atoms with Crippen molar-refractivity contribution in [2.24, 2.45) is 0 Å². The molecule has 0 saturated carbocycles. The largest absolute Gasteiger partial charge is 0.296 e. The van der Waals surface area contributed by atoms with Gasteiger partial charge in [0.25, 0.3) is 0 Å². The molecule has 3 heteroatoms. The van der Waals surface area contributed by atoms with E-state index in [-0.39, 0.29) is 5.04 Å². The molecule has 0 aliphatic rings. The molecule has 2 nitrogen and oxygen atoms in total. The first kappa shape index (κ1) is 7.43. The number of rotatable bonds is 2. The van der Waals surface area contributed by atoms with Crippen molar-refractivity contribution in [3.05, 3.63) is 11.5 Å². The minimum absolute atomic E-state index is 0.0116. The minimum atomic E-state index is 0.0116. The van der Waals surface area contributed by atoms with E-state index in [1.807, 2.05) is 0 Å². The van der Waals surface area contributed by atoms with Gasteiger partial charge in [-0.2, -0.15) is 0 Å². The minimum Gasteiger partial charge on any atom is -0.296 e. The summed E-state index contributed by atoms with van der Waals surface area (Å²) in [5.74, 6) is 0. The average Bonchev–Trinajstić information content (AvgIpc) is 1.65. The zero-order valence-corrected chi connectivity index (χ0v) is 5.42. The first-order valence-electron chi connectivity index (χ1n) is 2.04. The number of hydrogen-bond donors (Lipinski definition) is 1. The highest BCUT2D eigenvalue weighted by molar-refractivity contribution is 8.18. The molecule has 0 rings (SSSR count). The topological polar surface area (TPSA) is 40.9 Å². The normalized spacial score (nSPS) is 8.12. The Bertz CT molecular complexity index is 130. The molecule has 0 atom stereocenters. The van der Waals surface area contributed by atoms with Crippen molar-refractivity contribution in [1.82, 2.24) is 0 Å². The second-order valence-electron chi connectivity index (χ2n) is 1.29. The predicted octanol–water partition coefficient (Wildman–Crippen LogP) is 1.43. The molecule has 0 radical (unpaired) electrons. The summed E-state index contributed by atoms with van der Waals surface area (Å²) in [4.78, 5) is 10.5. The van der Waals surface area contributed by atoms with Gasteiger partial charge in [-0.05, 0) is 11.8 Å². The summed E-state index contributed by atoms with van der Waals surface area (Å²) in [6, 6.07) is 0. The summed E-state index contributed by atoms with van der Waals surface area (Å²) >= 11 is 1.08. The summed E-state index contributed by atoms with van der Waals surface area (Å²) in [6.07, 6.45) is 0.499. The van der Waals surface area contributed by atoms with Gasteiger partial charge in [0.05, 0.1) is 0 Å². The van der Waals surface area contributed by atoms with E-state index in [4.69, 9.17) is 5.41 Å². The molecule has 0 aromatic heterocycles. The van der Waals surface area contributed by atoms with Crippen LogP contribution in [0.5, 0.6) is 0 Å². The first-order chi connectivity index (χ1) is 3.66. The SMILES string of the molecule is C=C(C)SC(=N)C=O. The van der Waals surface area contributed by atoms with Crippen molar-refractivity contribution in [1.29, 1.82) is 5.41 Å². The highest BCUT2D eigenvalue weighted by atomic mass is 32.2. The molecule has 44 valence electrons. The number of allylic oxidation sites excluding steroid dienone is 1. The van der Waals surface area contributed by atoms with Gasteiger partial charge in [-0.3, -0.25) is 10.2 Å². The lowest BCUT2D eigenvalue weighted by molar-refractivity contribution is -0.102. The molecule has 8 heavy (non-hydrogen) atoms. The van der Waals surface area contributed by atoms with E-state index in [2.05, 4.69) is 6.58 Å². The van der Waals surface area contributed by atoms with Crippen LogP contribution in [0.2, 0.25) is 0 Å². The van der Waals surface area contributed by atoms with Gasteiger partial charge in [0.2, 0.25) is 0 Å². The molecule has 0 unspecified atom stereocenters. The van der Waals surface area contributed by atoms with Crippen LogP contribution in [-0.4, -0.2) is 11.3 Å². The highest BCUT2D eigenvalue weighted by Gasteiger charge is 1.91. The van der Waals surface area contributed by atoms with Crippen LogP contribution in [0.15, 0.2) is 11.5 Å². The van der Waals surface area contributed by atoms with Crippen molar-refractivity contribution >= 4 is 23.1 Å². The highest BCUT2D eigenvalue weighted by Crippen LogP contribution is 2.10. The number of carbonyl (C=O) groups is 1. The summed E-state index contributed by atoms with van der Waals surface area (Å²) < 4.78 is 0. The molecule has 0 spiro atoms. The summed E-state index contributed by atoms with van der Waals surface area (Å²) in [7, 11) is 0. The third kappa shape index (κ3) is 3.61. The Morgan fingerprint density at radius 2 is 2.38 bits per heavy atom. The molecular weight excluding hydrogens is 122 g/mol. The van der Waals surface area contributed by atoms with Gasteiger partial charge in [0.15, 0.2) is 6.29 Å². The van der Waals surface area contributed by atoms with Crippen LogP contribution in [0.25, 0.3) is 0 Å². The number of aldehydes is 1. The zero-order valence-electron chi connectivity index (χ0n) is 4.60. The molecule has 0 aromatic rings. The monoisotopic (exact) mass is 129 g/mol. The van der Waals surface area contributed by atoms with Crippen LogP contribution in [0, 0.1) is 5.41 Å². The van der Waals surface area contributed by atoms with E-state index in [0.29, 0.717) is 6.29 Å². The average molecular weight is 129 g/mol. The molecule has 0 bridgehead atoms. The summed E-state index contributed by atoms with van der Waals surface area (Å²) in [5.41, 5.74) is 0. The maximum Gasteiger partial charge on any atom is 0.174 e.